The van der Waals surface area contributed by atoms with Gasteiger partial charge in [-0.25, -0.2) is 0 Å². The molecule has 33 heavy (non-hydrogen) atoms. The quantitative estimate of drug-likeness (QED) is 0.359. The van der Waals surface area contributed by atoms with Crippen molar-refractivity contribution in [2.45, 2.75) is 45.2 Å². The van der Waals surface area contributed by atoms with Crippen LogP contribution in [-0.4, -0.2) is 11.1 Å². The minimum atomic E-state index is -4.68. The Morgan fingerprint density at radius 1 is 0.939 bits per heavy atom. The SMILES string of the molecule is CC(C)CC(C(=O)O)c1cc(-c2ccccc2)cc(CCc2ccc(Cl)cc2)c1C(F)(F)F. The average Bonchev–Trinajstić information content (AvgIpc) is 2.76. The molecule has 1 atom stereocenters. The van der Waals surface area contributed by atoms with Gasteiger partial charge in [0.2, 0.25) is 0 Å². The lowest BCUT2D eigenvalue weighted by atomic mass is 9.82. The third kappa shape index (κ3) is 6.38. The lowest BCUT2D eigenvalue weighted by molar-refractivity contribution is -0.142. The molecule has 1 unspecified atom stereocenters. The Bertz CT molecular complexity index is 1090. The maximum atomic E-state index is 14.4. The van der Waals surface area contributed by atoms with Gasteiger partial charge in [-0.2, -0.15) is 13.2 Å². The molecule has 3 aromatic carbocycles. The summed E-state index contributed by atoms with van der Waals surface area (Å²) in [5.41, 5.74) is 1.29. The largest absolute Gasteiger partial charge is 0.481 e. The van der Waals surface area contributed by atoms with Gasteiger partial charge >= 0.3 is 12.1 Å². The summed E-state index contributed by atoms with van der Waals surface area (Å²) in [5.74, 6) is -2.58. The lowest BCUT2D eigenvalue weighted by Gasteiger charge is -2.24. The normalized spacial score (nSPS) is 12.7. The molecule has 0 fully saturated rings. The molecular formula is C27H26ClF3O2. The van der Waals surface area contributed by atoms with Crippen LogP contribution in [0, 0.1) is 5.92 Å². The summed E-state index contributed by atoms with van der Waals surface area (Å²) in [6, 6.07) is 19.0. The number of hydrogen-bond acceptors (Lipinski definition) is 1. The Morgan fingerprint density at radius 3 is 2.12 bits per heavy atom. The van der Waals surface area contributed by atoms with Gasteiger partial charge < -0.3 is 5.11 Å². The van der Waals surface area contributed by atoms with Gasteiger partial charge in [0.05, 0.1) is 11.5 Å². The van der Waals surface area contributed by atoms with Gasteiger partial charge in [0.15, 0.2) is 0 Å². The Hall–Kier alpha value is -2.79. The van der Waals surface area contributed by atoms with Gasteiger partial charge in [0, 0.05) is 5.02 Å². The second kappa shape index (κ2) is 10.4. The number of carbonyl (C=O) groups is 1. The van der Waals surface area contributed by atoms with E-state index in [9.17, 15) is 23.1 Å². The van der Waals surface area contributed by atoms with Crippen molar-refractivity contribution in [1.82, 2.24) is 0 Å². The molecule has 0 bridgehead atoms. The van der Waals surface area contributed by atoms with Crippen LogP contribution in [0.1, 0.15) is 48.4 Å². The number of hydrogen-bond donors (Lipinski definition) is 1. The van der Waals surface area contributed by atoms with Crippen molar-refractivity contribution < 1.29 is 23.1 Å². The van der Waals surface area contributed by atoms with Crippen LogP contribution in [0.25, 0.3) is 11.1 Å². The van der Waals surface area contributed by atoms with Gasteiger partial charge in [-0.05, 0) is 71.2 Å². The molecular weight excluding hydrogens is 449 g/mol. The minimum absolute atomic E-state index is 0.0786. The highest BCUT2D eigenvalue weighted by molar-refractivity contribution is 6.30. The number of carboxylic acids is 1. The fourth-order valence-electron chi connectivity index (χ4n) is 4.10. The molecule has 0 radical (unpaired) electrons. The van der Waals surface area contributed by atoms with E-state index in [0.717, 1.165) is 11.1 Å². The van der Waals surface area contributed by atoms with Crippen LogP contribution in [0.2, 0.25) is 5.02 Å². The van der Waals surface area contributed by atoms with Crippen LogP contribution in [0.4, 0.5) is 13.2 Å². The highest BCUT2D eigenvalue weighted by atomic mass is 35.5. The molecule has 0 aliphatic carbocycles. The summed E-state index contributed by atoms with van der Waals surface area (Å²) >= 11 is 5.92. The number of aryl methyl sites for hydroxylation is 2. The number of halogens is 4. The molecule has 3 rings (SSSR count). The average molecular weight is 475 g/mol. The zero-order chi connectivity index (χ0) is 24.2. The second-order valence-electron chi connectivity index (χ2n) is 8.61. The number of alkyl halides is 3. The second-order valence-corrected chi connectivity index (χ2v) is 9.05. The van der Waals surface area contributed by atoms with Gasteiger partial charge in [0.1, 0.15) is 0 Å². The van der Waals surface area contributed by atoms with Gasteiger partial charge in [-0.3, -0.25) is 4.79 Å². The topological polar surface area (TPSA) is 37.3 Å². The van der Waals surface area contributed by atoms with E-state index in [1.165, 1.54) is 6.07 Å². The van der Waals surface area contributed by atoms with Crippen molar-refractivity contribution >= 4 is 17.6 Å². The Kier molecular flexibility index (Phi) is 7.85. The van der Waals surface area contributed by atoms with Crippen LogP contribution in [0.15, 0.2) is 66.7 Å². The van der Waals surface area contributed by atoms with E-state index in [-0.39, 0.29) is 29.9 Å². The Labute approximate surface area is 197 Å². The standard InChI is InChI=1S/C27H26ClF3O2/c1-17(2)14-24(26(32)33)23-16-21(19-6-4-3-5-7-19)15-20(25(23)27(29,30)31)11-8-18-9-12-22(28)13-10-18/h3-7,9-10,12-13,15-17,24H,8,11,14H2,1-2H3,(H,32,33). The molecule has 0 aliphatic rings. The molecule has 0 aliphatic heterocycles. The Balaban J connectivity index is 2.19. The number of carboxylic acid groups (broad SMARTS) is 1. The molecule has 0 spiro atoms. The third-order valence-corrected chi connectivity index (χ3v) is 5.87. The first-order chi connectivity index (χ1) is 15.6. The van der Waals surface area contributed by atoms with Crippen LogP contribution in [0.5, 0.6) is 0 Å². The first-order valence-electron chi connectivity index (χ1n) is 10.8. The van der Waals surface area contributed by atoms with Crippen LogP contribution < -0.4 is 0 Å². The number of rotatable bonds is 8. The Morgan fingerprint density at radius 2 is 1.58 bits per heavy atom. The fraction of sp³-hybridized carbons (Fsp3) is 0.296. The first-order valence-corrected chi connectivity index (χ1v) is 11.2. The van der Waals surface area contributed by atoms with E-state index >= 15 is 0 Å². The summed E-state index contributed by atoms with van der Waals surface area (Å²) < 4.78 is 43.1. The van der Waals surface area contributed by atoms with Crippen molar-refractivity contribution in [1.29, 1.82) is 0 Å². The summed E-state index contributed by atoms with van der Waals surface area (Å²) in [5, 5.41) is 10.4. The summed E-state index contributed by atoms with van der Waals surface area (Å²) in [6.07, 6.45) is -4.06. The van der Waals surface area contributed by atoms with Crippen molar-refractivity contribution in [3.63, 3.8) is 0 Å². The summed E-state index contributed by atoms with van der Waals surface area (Å²) in [6.45, 7) is 3.62. The van der Waals surface area contributed by atoms with Gasteiger partial charge in [-0.15, -0.1) is 0 Å². The molecule has 6 heteroatoms. The van der Waals surface area contributed by atoms with Crippen molar-refractivity contribution in [2.75, 3.05) is 0 Å². The lowest BCUT2D eigenvalue weighted by Crippen LogP contribution is -2.21. The van der Waals surface area contributed by atoms with E-state index in [2.05, 4.69) is 0 Å². The van der Waals surface area contributed by atoms with Crippen LogP contribution in [0.3, 0.4) is 0 Å². The van der Waals surface area contributed by atoms with Gasteiger partial charge in [-0.1, -0.05) is 74.0 Å². The van der Waals surface area contributed by atoms with Crippen molar-refractivity contribution in [3.05, 3.63) is 94.0 Å². The van der Waals surface area contributed by atoms with Gasteiger partial charge in [0.25, 0.3) is 0 Å². The first kappa shape index (κ1) is 24.8. The third-order valence-electron chi connectivity index (χ3n) is 5.62. The van der Waals surface area contributed by atoms with E-state index in [4.69, 9.17) is 11.6 Å². The number of aliphatic carboxylic acids is 1. The molecule has 1 N–H and O–H groups in total. The van der Waals surface area contributed by atoms with Crippen molar-refractivity contribution in [3.8, 4) is 11.1 Å². The van der Waals surface area contributed by atoms with E-state index in [0.29, 0.717) is 17.0 Å². The maximum Gasteiger partial charge on any atom is 0.416 e. The summed E-state index contributed by atoms with van der Waals surface area (Å²) in [4.78, 5) is 12.1. The molecule has 0 heterocycles. The zero-order valence-corrected chi connectivity index (χ0v) is 19.3. The predicted molar refractivity (Wildman–Crippen MR) is 126 cm³/mol. The predicted octanol–water partition coefficient (Wildman–Crippen LogP) is 8.03. The van der Waals surface area contributed by atoms with Crippen LogP contribution in [-0.2, 0) is 23.8 Å². The highest BCUT2D eigenvalue weighted by Gasteiger charge is 2.40. The molecule has 0 saturated heterocycles. The van der Waals surface area contributed by atoms with Crippen molar-refractivity contribution in [2.24, 2.45) is 5.92 Å². The summed E-state index contributed by atoms with van der Waals surface area (Å²) in [7, 11) is 0. The molecule has 174 valence electrons. The maximum absolute atomic E-state index is 14.4. The molecule has 2 nitrogen and oxygen atoms in total. The van der Waals surface area contributed by atoms with E-state index in [1.54, 1.807) is 30.3 Å². The number of benzene rings is 3. The molecule has 0 aromatic heterocycles. The molecule has 3 aromatic rings. The highest BCUT2D eigenvalue weighted by Crippen LogP contribution is 2.42. The monoisotopic (exact) mass is 474 g/mol. The minimum Gasteiger partial charge on any atom is -0.481 e. The molecule has 0 amide bonds. The zero-order valence-electron chi connectivity index (χ0n) is 18.5. The van der Waals surface area contributed by atoms with E-state index in [1.807, 2.05) is 44.2 Å². The molecule has 0 saturated carbocycles. The smallest absolute Gasteiger partial charge is 0.416 e. The fourth-order valence-corrected chi connectivity index (χ4v) is 4.23. The van der Waals surface area contributed by atoms with Crippen LogP contribution >= 0.6 is 11.6 Å². The van der Waals surface area contributed by atoms with E-state index < -0.39 is 23.6 Å².